The Kier molecular flexibility index (Phi) is 6.69. The van der Waals surface area contributed by atoms with Crippen LogP contribution in [0.5, 0.6) is 5.75 Å². The molecule has 0 bridgehead atoms. The summed E-state index contributed by atoms with van der Waals surface area (Å²) in [6.45, 7) is 6.42. The van der Waals surface area contributed by atoms with Crippen LogP contribution in [0, 0.1) is 0 Å². The second kappa shape index (κ2) is 9.27. The number of rotatable bonds is 6. The first kappa shape index (κ1) is 21.6. The van der Waals surface area contributed by atoms with Crippen molar-refractivity contribution >= 4 is 11.6 Å². The van der Waals surface area contributed by atoms with Crippen LogP contribution in [0.4, 0.5) is 0 Å². The van der Waals surface area contributed by atoms with Gasteiger partial charge in [0.05, 0.1) is 16.2 Å². The van der Waals surface area contributed by atoms with Crippen molar-refractivity contribution in [3.63, 3.8) is 0 Å². The van der Waals surface area contributed by atoms with Gasteiger partial charge in [-0.2, -0.15) is 0 Å². The predicted molar refractivity (Wildman–Crippen MR) is 122 cm³/mol. The number of benzene rings is 2. The Bertz CT molecular complexity index is 832. The molecule has 4 nitrogen and oxygen atoms in total. The van der Waals surface area contributed by atoms with Gasteiger partial charge in [0.1, 0.15) is 12.4 Å². The van der Waals surface area contributed by atoms with Crippen molar-refractivity contribution in [2.45, 2.75) is 56.8 Å². The van der Waals surface area contributed by atoms with Crippen LogP contribution in [0.15, 0.2) is 48.5 Å². The van der Waals surface area contributed by atoms with E-state index in [4.69, 9.17) is 16.3 Å². The van der Waals surface area contributed by atoms with Crippen molar-refractivity contribution in [1.29, 1.82) is 0 Å². The van der Waals surface area contributed by atoms with Gasteiger partial charge in [-0.05, 0) is 43.0 Å². The first-order chi connectivity index (χ1) is 14.5. The van der Waals surface area contributed by atoms with Crippen LogP contribution in [0.3, 0.4) is 0 Å². The summed E-state index contributed by atoms with van der Waals surface area (Å²) in [7, 11) is 0. The van der Waals surface area contributed by atoms with Crippen molar-refractivity contribution in [2.24, 2.45) is 0 Å². The van der Waals surface area contributed by atoms with Crippen molar-refractivity contribution < 1.29 is 9.84 Å². The molecule has 2 aromatic carbocycles. The summed E-state index contributed by atoms with van der Waals surface area (Å²) in [6, 6.07) is 16.2. The third-order valence-electron chi connectivity index (χ3n) is 7.07. The maximum atomic E-state index is 11.9. The molecule has 1 saturated heterocycles. The number of hydrogen-bond donors (Lipinski definition) is 2. The second-order valence-electron chi connectivity index (χ2n) is 8.82. The lowest BCUT2D eigenvalue weighted by Gasteiger charge is -2.54. The molecule has 1 aliphatic carbocycles. The molecule has 1 atom stereocenters. The molecule has 2 aliphatic rings. The van der Waals surface area contributed by atoms with Gasteiger partial charge in [-0.25, -0.2) is 0 Å². The van der Waals surface area contributed by atoms with E-state index in [0.29, 0.717) is 17.4 Å². The molecule has 2 aromatic rings. The maximum absolute atomic E-state index is 11.9. The van der Waals surface area contributed by atoms with Gasteiger partial charge in [0, 0.05) is 26.2 Å². The summed E-state index contributed by atoms with van der Waals surface area (Å²) in [5, 5.41) is 15.9. The Morgan fingerprint density at radius 2 is 1.77 bits per heavy atom. The Morgan fingerprint density at radius 1 is 1.07 bits per heavy atom. The number of nitrogens with zero attached hydrogens (tertiary/aromatic N) is 1. The van der Waals surface area contributed by atoms with E-state index in [9.17, 15) is 5.11 Å². The summed E-state index contributed by atoms with van der Waals surface area (Å²) in [4.78, 5) is 2.45. The Morgan fingerprint density at radius 3 is 2.43 bits per heavy atom. The van der Waals surface area contributed by atoms with Crippen LogP contribution in [-0.4, -0.2) is 41.8 Å². The first-order valence-corrected chi connectivity index (χ1v) is 11.6. The number of nitrogens with one attached hydrogen (secondary N) is 1. The lowest BCUT2D eigenvalue weighted by Crippen LogP contribution is -2.64. The Balaban J connectivity index is 1.62. The van der Waals surface area contributed by atoms with Crippen LogP contribution in [0.1, 0.15) is 50.2 Å². The average molecular weight is 429 g/mol. The molecule has 0 spiro atoms. The zero-order valence-corrected chi connectivity index (χ0v) is 18.6. The van der Waals surface area contributed by atoms with E-state index in [2.05, 4.69) is 23.2 Å². The van der Waals surface area contributed by atoms with Crippen LogP contribution < -0.4 is 10.1 Å². The summed E-state index contributed by atoms with van der Waals surface area (Å²) in [5.74, 6) is 0.683. The number of aliphatic hydroxyl groups is 1. The highest BCUT2D eigenvalue weighted by molar-refractivity contribution is 6.32. The fraction of sp³-hybridized carbons (Fsp3) is 0.520. The van der Waals surface area contributed by atoms with Crippen LogP contribution in [-0.2, 0) is 12.1 Å². The molecule has 4 rings (SSSR count). The quantitative estimate of drug-likeness (QED) is 0.697. The molecule has 0 aromatic heterocycles. The third-order valence-corrected chi connectivity index (χ3v) is 7.36. The van der Waals surface area contributed by atoms with Crippen molar-refractivity contribution in [1.82, 2.24) is 10.2 Å². The lowest BCUT2D eigenvalue weighted by atomic mass is 9.67. The summed E-state index contributed by atoms with van der Waals surface area (Å²) in [6.07, 6.45) is 5.01. The SMILES string of the molecule is CC(c1ccc(OCc2ccccc2)c(Cl)c1)(N1CCNCC1)C1(O)CCCCC1. The zero-order valence-electron chi connectivity index (χ0n) is 17.9. The molecule has 1 unspecified atom stereocenters. The smallest absolute Gasteiger partial charge is 0.138 e. The van der Waals surface area contributed by atoms with E-state index in [1.54, 1.807) is 0 Å². The molecule has 1 saturated carbocycles. The molecule has 2 N–H and O–H groups in total. The number of hydrogen-bond acceptors (Lipinski definition) is 4. The van der Waals surface area contributed by atoms with Gasteiger partial charge < -0.3 is 15.2 Å². The Hall–Kier alpha value is -1.59. The summed E-state index contributed by atoms with van der Waals surface area (Å²) < 4.78 is 5.99. The van der Waals surface area contributed by atoms with Gasteiger partial charge in [0.15, 0.2) is 0 Å². The van der Waals surface area contributed by atoms with Gasteiger partial charge in [0.2, 0.25) is 0 Å². The fourth-order valence-corrected chi connectivity index (χ4v) is 5.37. The van der Waals surface area contributed by atoms with Crippen LogP contribution in [0.25, 0.3) is 0 Å². The van der Waals surface area contributed by atoms with Crippen molar-refractivity contribution in [3.05, 3.63) is 64.7 Å². The molecule has 1 aliphatic heterocycles. The van der Waals surface area contributed by atoms with Crippen LogP contribution in [0.2, 0.25) is 5.02 Å². The molecule has 0 amide bonds. The number of ether oxygens (including phenoxy) is 1. The van der Waals surface area contributed by atoms with E-state index >= 15 is 0 Å². The summed E-state index contributed by atoms with van der Waals surface area (Å²) in [5.41, 5.74) is 0.959. The summed E-state index contributed by atoms with van der Waals surface area (Å²) >= 11 is 6.69. The zero-order chi connectivity index (χ0) is 21.0. The standard InChI is InChI=1S/C25H33ClN2O2/c1-24(28-16-14-27-15-17-28,25(29)12-6-3-7-13-25)21-10-11-23(22(26)18-21)30-19-20-8-4-2-5-9-20/h2,4-5,8-11,18,27,29H,3,6-7,12-17,19H2,1H3. The largest absolute Gasteiger partial charge is 0.487 e. The van der Waals surface area contributed by atoms with E-state index in [1.807, 2.05) is 42.5 Å². The molecule has 1 heterocycles. The number of halogens is 1. The van der Waals surface area contributed by atoms with Crippen LogP contribution >= 0.6 is 11.6 Å². The average Bonchev–Trinajstić information content (AvgIpc) is 2.79. The highest BCUT2D eigenvalue weighted by Gasteiger charge is 2.52. The van der Waals surface area contributed by atoms with E-state index < -0.39 is 11.1 Å². The maximum Gasteiger partial charge on any atom is 0.138 e. The second-order valence-corrected chi connectivity index (χ2v) is 9.23. The minimum absolute atomic E-state index is 0.475. The molecule has 2 fully saturated rings. The van der Waals surface area contributed by atoms with Crippen molar-refractivity contribution in [2.75, 3.05) is 26.2 Å². The minimum atomic E-state index is -0.752. The van der Waals surface area contributed by atoms with Gasteiger partial charge >= 0.3 is 0 Å². The number of piperazine rings is 1. The topological polar surface area (TPSA) is 44.7 Å². The van der Waals surface area contributed by atoms with Gasteiger partial charge in [-0.3, -0.25) is 4.90 Å². The van der Waals surface area contributed by atoms with Gasteiger partial charge in [-0.15, -0.1) is 0 Å². The highest BCUT2D eigenvalue weighted by Crippen LogP contribution is 2.48. The van der Waals surface area contributed by atoms with E-state index in [-0.39, 0.29) is 0 Å². The molecule has 162 valence electrons. The van der Waals surface area contributed by atoms with E-state index in [0.717, 1.165) is 63.0 Å². The van der Waals surface area contributed by atoms with Gasteiger partial charge in [-0.1, -0.05) is 67.3 Å². The van der Waals surface area contributed by atoms with Crippen molar-refractivity contribution in [3.8, 4) is 5.75 Å². The normalized spacial score (nSPS) is 21.7. The molecule has 5 heteroatoms. The highest BCUT2D eigenvalue weighted by atomic mass is 35.5. The molecule has 30 heavy (non-hydrogen) atoms. The first-order valence-electron chi connectivity index (χ1n) is 11.2. The fourth-order valence-electron chi connectivity index (χ4n) is 5.14. The monoisotopic (exact) mass is 428 g/mol. The molecular weight excluding hydrogens is 396 g/mol. The molecule has 0 radical (unpaired) electrons. The minimum Gasteiger partial charge on any atom is -0.487 e. The third kappa shape index (κ3) is 4.24. The van der Waals surface area contributed by atoms with E-state index in [1.165, 1.54) is 6.42 Å². The lowest BCUT2D eigenvalue weighted by molar-refractivity contribution is -0.134. The predicted octanol–water partition coefficient (Wildman–Crippen LogP) is 4.73. The van der Waals surface area contributed by atoms with Gasteiger partial charge in [0.25, 0.3) is 0 Å². The Labute approximate surface area is 185 Å². The molecular formula is C25H33ClN2O2.